The summed E-state index contributed by atoms with van der Waals surface area (Å²) in [5, 5.41) is 10.9. The van der Waals surface area contributed by atoms with E-state index in [1.165, 1.54) is 18.4 Å². The van der Waals surface area contributed by atoms with Crippen LogP contribution in [-0.4, -0.2) is 29.4 Å². The quantitative estimate of drug-likeness (QED) is 0.735. The van der Waals surface area contributed by atoms with Crippen LogP contribution in [0.15, 0.2) is 24.3 Å². The second-order valence-electron chi connectivity index (χ2n) is 8.77. The minimum Gasteiger partial charge on any atom is -0.461 e. The fourth-order valence-electron chi connectivity index (χ4n) is 5.00. The number of fused-ring (bicyclic) bond motifs is 1. The molecule has 0 radical (unpaired) electrons. The van der Waals surface area contributed by atoms with Gasteiger partial charge < -0.3 is 14.0 Å². The number of hydrogen-bond donors (Lipinski definition) is 0. The number of nitriles is 1. The molecular formula is C23H26N2O3. The number of esters is 1. The van der Waals surface area contributed by atoms with E-state index < -0.39 is 5.54 Å². The molecule has 3 fully saturated rings. The molecule has 1 aromatic carbocycles. The van der Waals surface area contributed by atoms with Crippen molar-refractivity contribution in [3.63, 3.8) is 0 Å². The van der Waals surface area contributed by atoms with Crippen LogP contribution < -0.4 is 0 Å². The number of nitrogens with zero attached hydrogens (tertiary/aromatic N) is 2. The highest BCUT2D eigenvalue weighted by Gasteiger charge is 2.55. The van der Waals surface area contributed by atoms with Crippen LogP contribution in [0.5, 0.6) is 0 Å². The lowest BCUT2D eigenvalue weighted by atomic mass is 9.87. The third-order valence-electron chi connectivity index (χ3n) is 6.95. The molecular weight excluding hydrogens is 352 g/mol. The van der Waals surface area contributed by atoms with Crippen molar-refractivity contribution in [1.82, 2.24) is 4.57 Å². The number of aromatic nitrogens is 1. The Kier molecular flexibility index (Phi) is 3.86. The Morgan fingerprint density at radius 1 is 1.36 bits per heavy atom. The van der Waals surface area contributed by atoms with Gasteiger partial charge in [0.25, 0.3) is 0 Å². The SMILES string of the molecule is CCOC(=O)c1cc2cc([C@@H]3CCOC4(CC4)C3)ccc2n1[C@]1(C#N)C[C@H]1C. The summed E-state index contributed by atoms with van der Waals surface area (Å²) >= 11 is 0. The average molecular weight is 378 g/mol. The van der Waals surface area contributed by atoms with Crippen LogP contribution in [0.2, 0.25) is 0 Å². The van der Waals surface area contributed by atoms with E-state index in [0.29, 0.717) is 18.2 Å². The van der Waals surface area contributed by atoms with Crippen LogP contribution in [0.4, 0.5) is 0 Å². The lowest BCUT2D eigenvalue weighted by Crippen LogP contribution is -2.26. The van der Waals surface area contributed by atoms with Gasteiger partial charge in [0.05, 0.1) is 23.8 Å². The minimum absolute atomic E-state index is 0.133. The Morgan fingerprint density at radius 2 is 2.14 bits per heavy atom. The molecule has 2 saturated carbocycles. The zero-order chi connectivity index (χ0) is 19.5. The number of carbonyl (C=O) groups is 1. The van der Waals surface area contributed by atoms with Gasteiger partial charge in [-0.25, -0.2) is 4.79 Å². The van der Waals surface area contributed by atoms with E-state index >= 15 is 0 Å². The summed E-state index contributed by atoms with van der Waals surface area (Å²) in [4.78, 5) is 12.6. The zero-order valence-electron chi connectivity index (χ0n) is 16.5. The van der Waals surface area contributed by atoms with E-state index in [4.69, 9.17) is 9.47 Å². The first-order chi connectivity index (χ1) is 13.5. The van der Waals surface area contributed by atoms with Gasteiger partial charge in [0.15, 0.2) is 0 Å². The summed E-state index contributed by atoms with van der Waals surface area (Å²) in [5.41, 5.74) is 2.25. The van der Waals surface area contributed by atoms with Gasteiger partial charge in [0, 0.05) is 12.0 Å². The lowest BCUT2D eigenvalue weighted by molar-refractivity contribution is -0.0132. The molecule has 3 atom stereocenters. The highest BCUT2D eigenvalue weighted by molar-refractivity contribution is 5.96. The van der Waals surface area contributed by atoms with E-state index in [-0.39, 0.29) is 17.5 Å². The van der Waals surface area contributed by atoms with Crippen LogP contribution in [0.1, 0.15) is 67.9 Å². The molecule has 1 aliphatic heterocycles. The van der Waals surface area contributed by atoms with Crippen LogP contribution in [0.3, 0.4) is 0 Å². The van der Waals surface area contributed by atoms with Crippen molar-refractivity contribution in [3.05, 3.63) is 35.5 Å². The Labute approximate surface area is 165 Å². The number of carbonyl (C=O) groups excluding carboxylic acids is 1. The van der Waals surface area contributed by atoms with Crippen molar-refractivity contribution in [3.8, 4) is 6.07 Å². The monoisotopic (exact) mass is 378 g/mol. The molecule has 0 amide bonds. The predicted molar refractivity (Wildman–Crippen MR) is 105 cm³/mol. The second kappa shape index (κ2) is 6.09. The maximum atomic E-state index is 12.6. The summed E-state index contributed by atoms with van der Waals surface area (Å²) in [6.45, 7) is 5.02. The van der Waals surface area contributed by atoms with Crippen molar-refractivity contribution in [2.45, 2.75) is 63.0 Å². The number of rotatable bonds is 4. The normalized spacial score (nSPS) is 30.2. The van der Waals surface area contributed by atoms with Crippen LogP contribution in [0.25, 0.3) is 10.9 Å². The van der Waals surface area contributed by atoms with Crippen molar-refractivity contribution < 1.29 is 14.3 Å². The van der Waals surface area contributed by atoms with Crippen molar-refractivity contribution in [2.24, 2.45) is 5.92 Å². The molecule has 5 nitrogen and oxygen atoms in total. The molecule has 28 heavy (non-hydrogen) atoms. The van der Waals surface area contributed by atoms with Gasteiger partial charge in [-0.2, -0.15) is 5.26 Å². The molecule has 0 bridgehead atoms. The zero-order valence-corrected chi connectivity index (χ0v) is 16.5. The first kappa shape index (κ1) is 17.8. The van der Waals surface area contributed by atoms with E-state index in [1.54, 1.807) is 0 Å². The van der Waals surface area contributed by atoms with E-state index in [0.717, 1.165) is 36.8 Å². The summed E-state index contributed by atoms with van der Waals surface area (Å²) in [7, 11) is 0. The van der Waals surface area contributed by atoms with Crippen molar-refractivity contribution in [1.29, 1.82) is 5.26 Å². The molecule has 5 heteroatoms. The summed E-state index contributed by atoms with van der Waals surface area (Å²) in [6, 6.07) is 10.9. The van der Waals surface area contributed by atoms with Crippen LogP contribution in [0, 0.1) is 17.2 Å². The fraction of sp³-hybridized carbons (Fsp3) is 0.565. The summed E-state index contributed by atoms with van der Waals surface area (Å²) < 4.78 is 13.2. The fourth-order valence-corrected chi connectivity index (χ4v) is 5.00. The first-order valence-electron chi connectivity index (χ1n) is 10.4. The second-order valence-corrected chi connectivity index (χ2v) is 8.77. The molecule has 0 N–H and O–H groups in total. The standard InChI is InChI=1S/C23H26N2O3/c1-3-27-21(26)20-11-18-10-16(17-6-9-28-22(13-17)7-8-22)4-5-19(18)25(20)23(14-24)12-15(23)2/h4-5,10-11,15,17H,3,6-9,12-13H2,1-2H3/t15-,17-,23+/m1/s1. The molecule has 1 spiro atoms. The largest absolute Gasteiger partial charge is 0.461 e. The maximum Gasteiger partial charge on any atom is 0.355 e. The summed E-state index contributed by atoms with van der Waals surface area (Å²) in [5.74, 6) is 0.378. The molecule has 2 heterocycles. The molecule has 146 valence electrons. The average Bonchev–Trinajstić information content (AvgIpc) is 3.56. The molecule has 1 saturated heterocycles. The van der Waals surface area contributed by atoms with Crippen molar-refractivity contribution >= 4 is 16.9 Å². The highest BCUT2D eigenvalue weighted by atomic mass is 16.5. The van der Waals surface area contributed by atoms with Gasteiger partial charge in [-0.3, -0.25) is 0 Å². The Balaban J connectivity index is 1.59. The number of benzene rings is 1. The molecule has 2 aromatic rings. The Morgan fingerprint density at radius 3 is 2.79 bits per heavy atom. The summed E-state index contributed by atoms with van der Waals surface area (Å²) in [6.07, 6.45) is 5.25. The third kappa shape index (κ3) is 2.58. The van der Waals surface area contributed by atoms with Gasteiger partial charge in [-0.1, -0.05) is 13.0 Å². The number of hydrogen-bond acceptors (Lipinski definition) is 4. The molecule has 0 unspecified atom stereocenters. The molecule has 5 rings (SSSR count). The first-order valence-corrected chi connectivity index (χ1v) is 10.4. The lowest BCUT2D eigenvalue weighted by Gasteiger charge is -2.30. The van der Waals surface area contributed by atoms with Crippen LogP contribution in [-0.2, 0) is 15.0 Å². The van der Waals surface area contributed by atoms with Crippen molar-refractivity contribution in [2.75, 3.05) is 13.2 Å². The van der Waals surface area contributed by atoms with Gasteiger partial charge >= 0.3 is 5.97 Å². The molecule has 2 aliphatic carbocycles. The predicted octanol–water partition coefficient (Wildman–Crippen LogP) is 4.50. The molecule has 3 aliphatic rings. The van der Waals surface area contributed by atoms with E-state index in [1.807, 2.05) is 17.6 Å². The van der Waals surface area contributed by atoms with Gasteiger partial charge in [0.2, 0.25) is 0 Å². The van der Waals surface area contributed by atoms with Gasteiger partial charge in [0.1, 0.15) is 11.2 Å². The van der Waals surface area contributed by atoms with E-state index in [9.17, 15) is 10.1 Å². The number of ether oxygens (including phenoxy) is 2. The molecule has 1 aromatic heterocycles. The Hall–Kier alpha value is -2.32. The maximum absolute atomic E-state index is 12.6. The minimum atomic E-state index is -0.637. The third-order valence-corrected chi connectivity index (χ3v) is 6.95. The van der Waals surface area contributed by atoms with Gasteiger partial charge in [-0.15, -0.1) is 0 Å². The van der Waals surface area contributed by atoms with Crippen LogP contribution >= 0.6 is 0 Å². The Bertz CT molecular complexity index is 997. The van der Waals surface area contributed by atoms with Gasteiger partial charge in [-0.05, 0) is 74.6 Å². The van der Waals surface area contributed by atoms with E-state index in [2.05, 4.69) is 31.2 Å². The smallest absolute Gasteiger partial charge is 0.355 e. The topological polar surface area (TPSA) is 64.2 Å². The highest BCUT2D eigenvalue weighted by Crippen LogP contribution is 2.53.